The zero-order valence-corrected chi connectivity index (χ0v) is 15.8. The van der Waals surface area contributed by atoms with Gasteiger partial charge in [0.15, 0.2) is 0 Å². The van der Waals surface area contributed by atoms with Crippen molar-refractivity contribution in [3.63, 3.8) is 0 Å². The Kier molecular flexibility index (Phi) is 5.31. The number of nitro benzene ring substituents is 2. The average molecular weight is 478 g/mol. The monoisotopic (exact) mass is 478 g/mol. The van der Waals surface area contributed by atoms with Gasteiger partial charge in [-0.25, -0.2) is 4.79 Å². The number of nitro groups is 2. The predicted molar refractivity (Wildman–Crippen MR) is 106 cm³/mol. The molecule has 0 N–H and O–H groups in total. The molecule has 136 valence electrons. The van der Waals surface area contributed by atoms with Crippen LogP contribution in [-0.4, -0.2) is 15.8 Å². The lowest BCUT2D eigenvalue weighted by molar-refractivity contribution is -0.394. The number of hydrogen-bond acceptors (Lipinski definition) is 6. The third-order valence-electron chi connectivity index (χ3n) is 3.86. The third-order valence-corrected chi connectivity index (χ3v) is 4.76. The SMILES string of the molecule is O=C(OCc1cccc2cccc(I)c12)c1cc([N+](=O)[O-])cc([N+](=O)[O-])c1. The van der Waals surface area contributed by atoms with E-state index < -0.39 is 27.2 Å². The van der Waals surface area contributed by atoms with Crippen molar-refractivity contribution in [2.24, 2.45) is 0 Å². The van der Waals surface area contributed by atoms with Crippen LogP contribution >= 0.6 is 22.6 Å². The fourth-order valence-electron chi connectivity index (χ4n) is 2.64. The molecular formula is C18H11IN2O6. The molecule has 0 amide bonds. The molecule has 0 saturated carbocycles. The van der Waals surface area contributed by atoms with Gasteiger partial charge in [-0.3, -0.25) is 20.2 Å². The van der Waals surface area contributed by atoms with Crippen LogP contribution in [0, 0.1) is 23.8 Å². The number of carbonyl (C=O) groups excluding carboxylic acids is 1. The lowest BCUT2D eigenvalue weighted by Crippen LogP contribution is -2.07. The largest absolute Gasteiger partial charge is 0.457 e. The molecule has 3 aromatic carbocycles. The normalized spacial score (nSPS) is 10.6. The lowest BCUT2D eigenvalue weighted by Gasteiger charge is -2.09. The Balaban J connectivity index is 1.89. The number of halogens is 1. The summed E-state index contributed by atoms with van der Waals surface area (Å²) in [6.45, 7) is -0.0628. The maximum atomic E-state index is 12.3. The van der Waals surface area contributed by atoms with Crippen LogP contribution in [0.15, 0.2) is 54.6 Å². The zero-order valence-electron chi connectivity index (χ0n) is 13.6. The zero-order chi connectivity index (χ0) is 19.6. The quantitative estimate of drug-likeness (QED) is 0.229. The summed E-state index contributed by atoms with van der Waals surface area (Å²) in [7, 11) is 0. The predicted octanol–water partition coefficient (Wildman–Crippen LogP) is 4.62. The molecule has 0 bridgehead atoms. The first-order valence-corrected chi connectivity index (χ1v) is 8.72. The van der Waals surface area contributed by atoms with E-state index in [0.29, 0.717) is 0 Å². The summed E-state index contributed by atoms with van der Waals surface area (Å²) < 4.78 is 6.25. The van der Waals surface area contributed by atoms with Crippen LogP contribution in [0.1, 0.15) is 15.9 Å². The molecule has 0 aliphatic heterocycles. The van der Waals surface area contributed by atoms with Gasteiger partial charge in [-0.15, -0.1) is 0 Å². The van der Waals surface area contributed by atoms with Gasteiger partial charge in [0.2, 0.25) is 0 Å². The number of esters is 1. The highest BCUT2D eigenvalue weighted by Gasteiger charge is 2.21. The highest BCUT2D eigenvalue weighted by molar-refractivity contribution is 14.1. The summed E-state index contributed by atoms with van der Waals surface area (Å²) >= 11 is 2.18. The van der Waals surface area contributed by atoms with Gasteiger partial charge in [0.1, 0.15) is 6.61 Å². The van der Waals surface area contributed by atoms with Gasteiger partial charge in [-0.1, -0.05) is 30.3 Å². The van der Waals surface area contributed by atoms with E-state index in [4.69, 9.17) is 4.74 Å². The van der Waals surface area contributed by atoms with Gasteiger partial charge in [0, 0.05) is 21.1 Å². The number of ether oxygens (including phenoxy) is 1. The molecule has 0 aliphatic rings. The molecule has 0 aliphatic carbocycles. The highest BCUT2D eigenvalue weighted by Crippen LogP contribution is 2.26. The summed E-state index contributed by atoms with van der Waals surface area (Å²) in [5.74, 6) is -0.871. The number of benzene rings is 3. The molecule has 0 radical (unpaired) electrons. The van der Waals surface area contributed by atoms with Crippen molar-refractivity contribution in [2.45, 2.75) is 6.61 Å². The molecule has 0 spiro atoms. The molecule has 0 saturated heterocycles. The summed E-state index contributed by atoms with van der Waals surface area (Å²) in [4.78, 5) is 32.6. The minimum atomic E-state index is -0.871. The first kappa shape index (κ1) is 18.7. The van der Waals surface area contributed by atoms with Crippen LogP contribution in [0.5, 0.6) is 0 Å². The first-order valence-electron chi connectivity index (χ1n) is 7.64. The van der Waals surface area contributed by atoms with Crippen molar-refractivity contribution in [2.75, 3.05) is 0 Å². The van der Waals surface area contributed by atoms with Crippen molar-refractivity contribution < 1.29 is 19.4 Å². The Labute approximate surface area is 166 Å². The third kappa shape index (κ3) is 4.03. The van der Waals surface area contributed by atoms with Crippen molar-refractivity contribution >= 4 is 50.7 Å². The maximum absolute atomic E-state index is 12.3. The van der Waals surface area contributed by atoms with Gasteiger partial charge in [-0.05, 0) is 39.6 Å². The van der Waals surface area contributed by atoms with E-state index in [-0.39, 0.29) is 12.2 Å². The van der Waals surface area contributed by atoms with Gasteiger partial charge in [0.25, 0.3) is 11.4 Å². The highest BCUT2D eigenvalue weighted by atomic mass is 127. The van der Waals surface area contributed by atoms with E-state index in [0.717, 1.165) is 38.1 Å². The molecule has 3 rings (SSSR count). The van der Waals surface area contributed by atoms with Crippen molar-refractivity contribution in [1.29, 1.82) is 0 Å². The Morgan fingerprint density at radius 3 is 2.15 bits per heavy atom. The number of non-ortho nitro benzene ring substituents is 2. The van der Waals surface area contributed by atoms with E-state index in [9.17, 15) is 25.0 Å². The smallest absolute Gasteiger partial charge is 0.338 e. The Hall–Kier alpha value is -3.08. The van der Waals surface area contributed by atoms with Crippen molar-refractivity contribution in [3.8, 4) is 0 Å². The van der Waals surface area contributed by atoms with Crippen LogP contribution < -0.4 is 0 Å². The Bertz CT molecular complexity index is 1050. The van der Waals surface area contributed by atoms with Crippen molar-refractivity contribution in [3.05, 3.63) is 89.5 Å². The fourth-order valence-corrected chi connectivity index (χ4v) is 3.51. The summed E-state index contributed by atoms with van der Waals surface area (Å²) in [5.41, 5.74) is -0.566. The summed E-state index contributed by atoms with van der Waals surface area (Å²) in [6, 6.07) is 14.1. The van der Waals surface area contributed by atoms with E-state index in [1.54, 1.807) is 0 Å². The molecule has 3 aromatic rings. The second-order valence-corrected chi connectivity index (χ2v) is 6.75. The minimum absolute atomic E-state index is 0.0628. The van der Waals surface area contributed by atoms with Gasteiger partial charge in [0.05, 0.1) is 21.5 Å². The molecule has 8 nitrogen and oxygen atoms in total. The van der Waals surface area contributed by atoms with Crippen LogP contribution in [0.2, 0.25) is 0 Å². The standard InChI is InChI=1S/C18H11IN2O6/c19-16-6-2-4-11-3-1-5-12(17(11)16)10-27-18(22)13-7-14(20(23)24)9-15(8-13)21(25)26/h1-9H,10H2. The molecule has 27 heavy (non-hydrogen) atoms. The molecule has 0 unspecified atom stereocenters. The van der Waals surface area contributed by atoms with Gasteiger partial charge < -0.3 is 4.74 Å². The second-order valence-electron chi connectivity index (χ2n) is 5.58. The topological polar surface area (TPSA) is 113 Å². The number of carbonyl (C=O) groups is 1. The minimum Gasteiger partial charge on any atom is -0.457 e. The van der Waals surface area contributed by atoms with Gasteiger partial charge >= 0.3 is 5.97 Å². The fraction of sp³-hybridized carbons (Fsp3) is 0.0556. The first-order chi connectivity index (χ1) is 12.9. The summed E-state index contributed by atoms with van der Waals surface area (Å²) in [5, 5.41) is 23.8. The maximum Gasteiger partial charge on any atom is 0.338 e. The molecule has 0 atom stereocenters. The summed E-state index contributed by atoms with van der Waals surface area (Å²) in [6.07, 6.45) is 0. The molecule has 0 aromatic heterocycles. The van der Waals surface area contributed by atoms with Crippen LogP contribution in [0.4, 0.5) is 11.4 Å². The van der Waals surface area contributed by atoms with Crippen molar-refractivity contribution in [1.82, 2.24) is 0 Å². The van der Waals surface area contributed by atoms with E-state index in [2.05, 4.69) is 22.6 Å². The second kappa shape index (κ2) is 7.66. The number of fused-ring (bicyclic) bond motifs is 1. The molecular weight excluding hydrogens is 467 g/mol. The van der Waals surface area contributed by atoms with Crippen LogP contribution in [0.3, 0.4) is 0 Å². The molecule has 9 heteroatoms. The van der Waals surface area contributed by atoms with Gasteiger partial charge in [-0.2, -0.15) is 0 Å². The van der Waals surface area contributed by atoms with Crippen LogP contribution in [0.25, 0.3) is 10.8 Å². The number of nitrogens with zero attached hydrogens (tertiary/aromatic N) is 2. The van der Waals surface area contributed by atoms with E-state index in [1.165, 1.54) is 0 Å². The lowest BCUT2D eigenvalue weighted by atomic mass is 10.1. The van der Waals surface area contributed by atoms with Crippen LogP contribution in [-0.2, 0) is 11.3 Å². The average Bonchev–Trinajstić information content (AvgIpc) is 2.65. The van der Waals surface area contributed by atoms with E-state index >= 15 is 0 Å². The molecule has 0 fully saturated rings. The Morgan fingerprint density at radius 2 is 1.56 bits per heavy atom. The number of hydrogen-bond donors (Lipinski definition) is 0. The molecule has 0 heterocycles. The Morgan fingerprint density at radius 1 is 0.963 bits per heavy atom. The number of rotatable bonds is 5. The van der Waals surface area contributed by atoms with E-state index in [1.807, 2.05) is 36.4 Å².